The number of fused-ring (bicyclic) bond motifs is 1. The number of allylic oxidation sites excluding steroid dienone is 1. The van der Waals surface area contributed by atoms with Gasteiger partial charge in [0.05, 0.1) is 16.1 Å². The molecule has 0 bridgehead atoms. The number of rotatable bonds is 4. The summed E-state index contributed by atoms with van der Waals surface area (Å²) in [6.07, 6.45) is 4.82. The molecule has 172 valence electrons. The van der Waals surface area contributed by atoms with E-state index in [9.17, 15) is 4.79 Å². The third-order valence-electron chi connectivity index (χ3n) is 6.20. The molecule has 0 unspecified atom stereocenters. The quantitative estimate of drug-likeness (QED) is 0.510. The zero-order valence-electron chi connectivity index (χ0n) is 20.0. The van der Waals surface area contributed by atoms with Gasteiger partial charge in [0.25, 0.3) is 5.91 Å². The molecular formula is C27H30FN3OS. The molecule has 1 fully saturated rings. The lowest BCUT2D eigenvalue weighted by Gasteiger charge is -2.43. The highest BCUT2D eigenvalue weighted by atomic mass is 32.2. The van der Waals surface area contributed by atoms with Crippen LogP contribution < -0.4 is 10.2 Å². The summed E-state index contributed by atoms with van der Waals surface area (Å²) in [7, 11) is 0. The molecule has 6 heteroatoms. The molecule has 0 aromatic heterocycles. The molecule has 2 aliphatic heterocycles. The van der Waals surface area contributed by atoms with Gasteiger partial charge in [0, 0.05) is 23.4 Å². The normalized spacial score (nSPS) is 19.7. The van der Waals surface area contributed by atoms with Gasteiger partial charge in [0.2, 0.25) is 0 Å². The molecule has 0 saturated carbocycles. The number of hydrogen-bond donors (Lipinski definition) is 1. The van der Waals surface area contributed by atoms with Crippen molar-refractivity contribution in [1.29, 1.82) is 0 Å². The van der Waals surface area contributed by atoms with Crippen LogP contribution in [0.3, 0.4) is 0 Å². The van der Waals surface area contributed by atoms with Gasteiger partial charge in [0.15, 0.2) is 5.17 Å². The second kappa shape index (κ2) is 8.82. The van der Waals surface area contributed by atoms with E-state index in [0.717, 1.165) is 41.0 Å². The van der Waals surface area contributed by atoms with E-state index < -0.39 is 0 Å². The summed E-state index contributed by atoms with van der Waals surface area (Å²) in [5.41, 5.74) is 6.36. The second-order valence-corrected chi connectivity index (χ2v) is 10.3. The maximum Gasteiger partial charge on any atom is 0.264 e. The predicted molar refractivity (Wildman–Crippen MR) is 138 cm³/mol. The molecule has 4 rings (SSSR count). The Morgan fingerprint density at radius 1 is 1.15 bits per heavy atom. The Morgan fingerprint density at radius 2 is 1.91 bits per heavy atom. The molecule has 2 aliphatic rings. The maximum absolute atomic E-state index is 15.2. The van der Waals surface area contributed by atoms with Gasteiger partial charge >= 0.3 is 0 Å². The van der Waals surface area contributed by atoms with Crippen LogP contribution in [0.1, 0.15) is 56.4 Å². The van der Waals surface area contributed by atoms with Crippen molar-refractivity contribution >= 4 is 45.9 Å². The summed E-state index contributed by atoms with van der Waals surface area (Å²) in [5.74, 6) is -0.596. The van der Waals surface area contributed by atoms with Crippen molar-refractivity contribution in [3.63, 3.8) is 0 Å². The summed E-state index contributed by atoms with van der Waals surface area (Å²) >= 11 is 1.23. The van der Waals surface area contributed by atoms with Crippen molar-refractivity contribution in [3.05, 3.63) is 69.4 Å². The number of halogens is 1. The number of anilines is 1. The fourth-order valence-corrected chi connectivity index (χ4v) is 5.22. The predicted octanol–water partition coefficient (Wildman–Crippen LogP) is 6.75. The van der Waals surface area contributed by atoms with E-state index in [4.69, 9.17) is 0 Å². The number of carbonyl (C=O) groups is 1. The summed E-state index contributed by atoms with van der Waals surface area (Å²) in [6.45, 7) is 13.4. The maximum atomic E-state index is 15.2. The first-order chi connectivity index (χ1) is 15.6. The SMILES string of the molecule is CCCN1c2cc(F)c(/C=C3/SC(=Nc4ccc(C)c(C)c4)NC3=O)cc2C(C)=CC1(C)C. The molecule has 0 aliphatic carbocycles. The Labute approximate surface area is 199 Å². The third-order valence-corrected chi connectivity index (χ3v) is 7.11. The van der Waals surface area contributed by atoms with Crippen LogP contribution in [0.15, 0.2) is 46.3 Å². The van der Waals surface area contributed by atoms with Gasteiger partial charge in [-0.3, -0.25) is 4.79 Å². The molecule has 0 radical (unpaired) electrons. The average Bonchev–Trinajstić information content (AvgIpc) is 3.07. The summed E-state index contributed by atoms with van der Waals surface area (Å²) in [6, 6.07) is 9.38. The van der Waals surface area contributed by atoms with Crippen LogP contribution in [-0.4, -0.2) is 23.2 Å². The number of amidine groups is 1. The Morgan fingerprint density at radius 3 is 2.61 bits per heavy atom. The number of nitrogens with zero attached hydrogens (tertiary/aromatic N) is 2. The minimum Gasteiger partial charge on any atom is -0.362 e. The number of carbonyl (C=O) groups excluding carboxylic acids is 1. The molecular weight excluding hydrogens is 433 g/mol. The lowest BCUT2D eigenvalue weighted by molar-refractivity contribution is -0.115. The number of aliphatic imine (C=N–C) groups is 1. The lowest BCUT2D eigenvalue weighted by Crippen LogP contribution is -2.45. The standard InChI is InChI=1S/C27H30FN3OS/c1-7-10-31-23-14-22(28)19(12-21(23)18(4)15-27(31,5)6)13-24-25(32)30-26(33-24)29-20-9-8-16(2)17(3)11-20/h8-9,11-15H,7,10H2,1-6H3,(H,29,30,32)/b24-13+. The minimum atomic E-state index is -0.333. The van der Waals surface area contributed by atoms with Crippen LogP contribution in [0.4, 0.5) is 15.8 Å². The van der Waals surface area contributed by atoms with Crippen molar-refractivity contribution in [2.24, 2.45) is 4.99 Å². The van der Waals surface area contributed by atoms with Crippen LogP contribution in [0.2, 0.25) is 0 Å². The van der Waals surface area contributed by atoms with Gasteiger partial charge in [-0.1, -0.05) is 19.1 Å². The van der Waals surface area contributed by atoms with Crippen LogP contribution >= 0.6 is 11.8 Å². The van der Waals surface area contributed by atoms with Crippen LogP contribution in [0.25, 0.3) is 11.6 Å². The monoisotopic (exact) mass is 463 g/mol. The number of aryl methyl sites for hydroxylation is 2. The molecule has 2 aromatic rings. The number of benzene rings is 2. The van der Waals surface area contributed by atoms with E-state index in [1.54, 1.807) is 12.1 Å². The van der Waals surface area contributed by atoms with Gasteiger partial charge in [-0.15, -0.1) is 0 Å². The zero-order chi connectivity index (χ0) is 23.9. The molecule has 33 heavy (non-hydrogen) atoms. The first-order valence-electron chi connectivity index (χ1n) is 11.3. The van der Waals surface area contributed by atoms with Crippen LogP contribution in [0, 0.1) is 19.7 Å². The van der Waals surface area contributed by atoms with E-state index in [-0.39, 0.29) is 17.3 Å². The number of nitrogens with one attached hydrogen (secondary N) is 1. The third kappa shape index (κ3) is 4.62. The fourth-order valence-electron chi connectivity index (χ4n) is 4.39. The highest BCUT2D eigenvalue weighted by Gasteiger charge is 2.32. The largest absolute Gasteiger partial charge is 0.362 e. The highest BCUT2D eigenvalue weighted by Crippen LogP contribution is 2.41. The van der Waals surface area contributed by atoms with Crippen LogP contribution in [-0.2, 0) is 4.79 Å². The topological polar surface area (TPSA) is 44.7 Å². The van der Waals surface area contributed by atoms with Crippen LogP contribution in [0.5, 0.6) is 0 Å². The molecule has 1 amide bonds. The molecule has 1 N–H and O–H groups in total. The smallest absolute Gasteiger partial charge is 0.264 e. The number of hydrogen-bond acceptors (Lipinski definition) is 4. The Kier molecular flexibility index (Phi) is 6.23. The van der Waals surface area contributed by atoms with Gasteiger partial charge < -0.3 is 10.2 Å². The highest BCUT2D eigenvalue weighted by molar-refractivity contribution is 8.18. The van der Waals surface area contributed by atoms with Gasteiger partial charge in [-0.05, 0) is 99.8 Å². The molecule has 0 atom stereocenters. The van der Waals surface area contributed by atoms with Crippen molar-refractivity contribution in [2.45, 2.75) is 53.5 Å². The van der Waals surface area contributed by atoms with E-state index in [2.05, 4.69) is 49.0 Å². The molecule has 2 aromatic carbocycles. The molecule has 1 saturated heterocycles. The van der Waals surface area contributed by atoms with E-state index >= 15 is 4.39 Å². The first kappa shape index (κ1) is 23.3. The van der Waals surface area contributed by atoms with Crippen molar-refractivity contribution in [1.82, 2.24) is 5.32 Å². The molecule has 4 nitrogen and oxygen atoms in total. The van der Waals surface area contributed by atoms with Gasteiger partial charge in [0.1, 0.15) is 5.82 Å². The van der Waals surface area contributed by atoms with E-state index in [1.807, 2.05) is 38.1 Å². The zero-order valence-corrected chi connectivity index (χ0v) is 20.9. The van der Waals surface area contributed by atoms with Crippen molar-refractivity contribution < 1.29 is 9.18 Å². The van der Waals surface area contributed by atoms with Crippen molar-refractivity contribution in [2.75, 3.05) is 11.4 Å². The number of amides is 1. The molecule has 2 heterocycles. The van der Waals surface area contributed by atoms with Crippen molar-refractivity contribution in [3.8, 4) is 0 Å². The van der Waals surface area contributed by atoms with Gasteiger partial charge in [-0.2, -0.15) is 0 Å². The van der Waals surface area contributed by atoms with E-state index in [0.29, 0.717) is 15.6 Å². The van der Waals surface area contributed by atoms with Gasteiger partial charge in [-0.25, -0.2) is 9.38 Å². The number of thioether (sulfide) groups is 1. The minimum absolute atomic E-state index is 0.180. The summed E-state index contributed by atoms with van der Waals surface area (Å²) in [4.78, 5) is 19.8. The molecule has 0 spiro atoms. The Hall–Kier alpha value is -2.86. The summed E-state index contributed by atoms with van der Waals surface area (Å²) in [5, 5.41) is 3.30. The Balaban J connectivity index is 1.67. The average molecular weight is 464 g/mol. The summed E-state index contributed by atoms with van der Waals surface area (Å²) < 4.78 is 15.2. The fraction of sp³-hybridized carbons (Fsp3) is 0.333. The lowest BCUT2D eigenvalue weighted by atomic mass is 9.87. The first-order valence-corrected chi connectivity index (χ1v) is 12.1. The Bertz CT molecular complexity index is 1230. The van der Waals surface area contributed by atoms with E-state index in [1.165, 1.54) is 17.3 Å². The second-order valence-electron chi connectivity index (χ2n) is 9.27.